The number of hydrazine groups is 1. The highest BCUT2D eigenvalue weighted by atomic mass is 19.4. The third kappa shape index (κ3) is 5.39. The Balaban J connectivity index is 1.70. The van der Waals surface area contributed by atoms with Crippen LogP contribution in [0.4, 0.5) is 13.2 Å². The fourth-order valence-electron chi connectivity index (χ4n) is 3.48. The Labute approximate surface area is 176 Å². The summed E-state index contributed by atoms with van der Waals surface area (Å²) in [6, 6.07) is 7.08. The van der Waals surface area contributed by atoms with Gasteiger partial charge in [-0.05, 0) is 48.6 Å². The molecule has 1 aliphatic heterocycles. The second-order valence-corrected chi connectivity index (χ2v) is 7.43. The molecule has 1 fully saturated rings. The second kappa shape index (κ2) is 9.15. The van der Waals surface area contributed by atoms with E-state index < -0.39 is 35.5 Å². The van der Waals surface area contributed by atoms with E-state index in [0.717, 1.165) is 18.6 Å². The molecular weight excluding hydrogens is 413 g/mol. The van der Waals surface area contributed by atoms with E-state index in [9.17, 15) is 27.6 Å². The van der Waals surface area contributed by atoms with Gasteiger partial charge in [0.1, 0.15) is 0 Å². The third-order valence-electron chi connectivity index (χ3n) is 5.11. The molecule has 164 valence electrons. The van der Waals surface area contributed by atoms with Gasteiger partial charge in [0.2, 0.25) is 0 Å². The second-order valence-electron chi connectivity index (χ2n) is 7.43. The minimum absolute atomic E-state index is 0.118. The van der Waals surface area contributed by atoms with E-state index in [2.05, 4.69) is 15.8 Å². The van der Waals surface area contributed by atoms with Crippen molar-refractivity contribution in [1.82, 2.24) is 20.7 Å². The number of halogens is 3. The Morgan fingerprint density at radius 3 is 2.39 bits per heavy atom. The number of aromatic nitrogens is 1. The molecule has 1 aliphatic rings. The Bertz CT molecular complexity index is 949. The van der Waals surface area contributed by atoms with Gasteiger partial charge in [0, 0.05) is 18.9 Å². The predicted molar refractivity (Wildman–Crippen MR) is 104 cm³/mol. The Hall–Kier alpha value is -3.43. The summed E-state index contributed by atoms with van der Waals surface area (Å²) in [7, 11) is 0. The highest BCUT2D eigenvalue weighted by Gasteiger charge is 2.35. The molecule has 1 aromatic carbocycles. The van der Waals surface area contributed by atoms with E-state index in [-0.39, 0.29) is 18.0 Å². The van der Waals surface area contributed by atoms with Crippen molar-refractivity contribution in [3.8, 4) is 0 Å². The number of hydrogen-bond acceptors (Lipinski definition) is 4. The molecule has 2 N–H and O–H groups in total. The minimum Gasteiger partial charge on any atom is -0.327 e. The molecule has 2 heterocycles. The number of amides is 3. The lowest BCUT2D eigenvalue weighted by Gasteiger charge is -2.38. The van der Waals surface area contributed by atoms with Crippen molar-refractivity contribution in [1.29, 1.82) is 0 Å². The maximum absolute atomic E-state index is 12.8. The zero-order valence-corrected chi connectivity index (χ0v) is 16.6. The van der Waals surface area contributed by atoms with E-state index in [0.29, 0.717) is 12.0 Å². The van der Waals surface area contributed by atoms with Crippen molar-refractivity contribution >= 4 is 17.7 Å². The summed E-state index contributed by atoms with van der Waals surface area (Å²) >= 11 is 0. The Morgan fingerprint density at radius 2 is 1.77 bits per heavy atom. The fourth-order valence-corrected chi connectivity index (χ4v) is 3.48. The largest absolute Gasteiger partial charge is 0.416 e. The first-order chi connectivity index (χ1) is 14.7. The van der Waals surface area contributed by atoms with Gasteiger partial charge in [-0.15, -0.1) is 0 Å². The number of benzene rings is 1. The number of carbonyl (C=O) groups excluding carboxylic acids is 3. The number of piperidine rings is 1. The number of rotatable bonds is 2. The van der Waals surface area contributed by atoms with Crippen LogP contribution in [0.25, 0.3) is 0 Å². The van der Waals surface area contributed by atoms with E-state index in [1.54, 1.807) is 6.07 Å². The molecule has 10 heteroatoms. The first-order valence-corrected chi connectivity index (χ1v) is 9.65. The van der Waals surface area contributed by atoms with Crippen LogP contribution >= 0.6 is 0 Å². The number of carbonyl (C=O) groups is 3. The van der Waals surface area contributed by atoms with Gasteiger partial charge < -0.3 is 4.90 Å². The fraction of sp³-hybridized carbons (Fsp3) is 0.333. The summed E-state index contributed by atoms with van der Waals surface area (Å²) < 4.78 is 38.5. The van der Waals surface area contributed by atoms with Crippen LogP contribution in [-0.4, -0.2) is 34.2 Å². The zero-order valence-electron chi connectivity index (χ0n) is 16.6. The normalized spacial score (nSPS) is 18.9. The molecule has 31 heavy (non-hydrogen) atoms. The first-order valence-electron chi connectivity index (χ1n) is 9.65. The van der Waals surface area contributed by atoms with Gasteiger partial charge in [-0.2, -0.15) is 13.2 Å². The van der Waals surface area contributed by atoms with Crippen molar-refractivity contribution in [2.45, 2.75) is 32.0 Å². The van der Waals surface area contributed by atoms with E-state index >= 15 is 0 Å². The van der Waals surface area contributed by atoms with Crippen LogP contribution in [0.5, 0.6) is 0 Å². The van der Waals surface area contributed by atoms with Gasteiger partial charge >= 0.3 is 18.0 Å². The zero-order chi connectivity index (χ0) is 22.6. The molecule has 1 saturated heterocycles. The van der Waals surface area contributed by atoms with Gasteiger partial charge in [0.15, 0.2) is 0 Å². The highest BCUT2D eigenvalue weighted by Crippen LogP contribution is 2.35. The summed E-state index contributed by atoms with van der Waals surface area (Å²) in [5, 5.41) is 0. The van der Waals surface area contributed by atoms with Crippen LogP contribution in [-0.2, 0) is 15.8 Å². The molecule has 0 saturated carbocycles. The average Bonchev–Trinajstić information content (AvgIpc) is 2.76. The van der Waals surface area contributed by atoms with Gasteiger partial charge in [-0.25, -0.2) is 0 Å². The smallest absolute Gasteiger partial charge is 0.327 e. The standard InChI is InChI=1S/C21H21F3N4O3/c1-13-4-9-17(14-5-7-16(8-6-14)21(22,23)24)28(12-13)20(31)19(30)27-26-18(29)15-3-2-10-25-11-15/h2-3,5-8,10-11,13,17H,4,9,12H2,1H3,(H,26,29)(H,27,30). The lowest BCUT2D eigenvalue weighted by atomic mass is 9.89. The number of hydrogen-bond donors (Lipinski definition) is 2. The van der Waals surface area contributed by atoms with Gasteiger partial charge in [-0.3, -0.25) is 30.2 Å². The SMILES string of the molecule is CC1CCC(c2ccc(C(F)(F)F)cc2)N(C(=O)C(=O)NNC(=O)c2cccnc2)C1. The molecule has 7 nitrogen and oxygen atoms in total. The van der Waals surface area contributed by atoms with Crippen LogP contribution in [0.15, 0.2) is 48.8 Å². The van der Waals surface area contributed by atoms with Crippen molar-refractivity contribution < 1.29 is 27.6 Å². The lowest BCUT2D eigenvalue weighted by Crippen LogP contribution is -2.52. The van der Waals surface area contributed by atoms with Crippen molar-refractivity contribution in [3.05, 3.63) is 65.5 Å². The molecule has 1 aromatic heterocycles. The Morgan fingerprint density at radius 1 is 1.06 bits per heavy atom. The molecule has 2 aromatic rings. The maximum Gasteiger partial charge on any atom is 0.416 e. The number of nitrogens with one attached hydrogen (secondary N) is 2. The molecule has 2 unspecified atom stereocenters. The van der Waals surface area contributed by atoms with Crippen LogP contribution < -0.4 is 10.9 Å². The minimum atomic E-state index is -4.46. The van der Waals surface area contributed by atoms with Crippen LogP contribution in [0, 0.1) is 5.92 Å². The third-order valence-corrected chi connectivity index (χ3v) is 5.11. The average molecular weight is 434 g/mol. The molecular formula is C21H21F3N4O3. The summed E-state index contributed by atoms with van der Waals surface area (Å²) in [6.07, 6.45) is -0.405. The van der Waals surface area contributed by atoms with E-state index in [1.165, 1.54) is 35.5 Å². The van der Waals surface area contributed by atoms with E-state index in [4.69, 9.17) is 0 Å². The molecule has 0 spiro atoms. The van der Waals surface area contributed by atoms with Gasteiger partial charge in [0.25, 0.3) is 5.91 Å². The lowest BCUT2D eigenvalue weighted by molar-refractivity contribution is -0.149. The number of alkyl halides is 3. The topological polar surface area (TPSA) is 91.4 Å². The van der Waals surface area contributed by atoms with Crippen LogP contribution in [0.3, 0.4) is 0 Å². The molecule has 3 amide bonds. The first kappa shape index (κ1) is 22.3. The van der Waals surface area contributed by atoms with Gasteiger partial charge in [0.05, 0.1) is 17.2 Å². The summed E-state index contributed by atoms with van der Waals surface area (Å²) in [5.41, 5.74) is 4.17. The summed E-state index contributed by atoms with van der Waals surface area (Å²) in [5.74, 6) is -2.43. The number of pyridine rings is 1. The van der Waals surface area contributed by atoms with Crippen LogP contribution in [0.2, 0.25) is 0 Å². The Kier molecular flexibility index (Phi) is 6.57. The van der Waals surface area contributed by atoms with Crippen molar-refractivity contribution in [2.24, 2.45) is 5.92 Å². The van der Waals surface area contributed by atoms with Crippen molar-refractivity contribution in [3.63, 3.8) is 0 Å². The van der Waals surface area contributed by atoms with Crippen LogP contribution in [0.1, 0.15) is 47.3 Å². The predicted octanol–water partition coefficient (Wildman–Crippen LogP) is 2.86. The number of nitrogens with zero attached hydrogens (tertiary/aromatic N) is 2. The summed E-state index contributed by atoms with van der Waals surface area (Å²) in [6.45, 7) is 2.19. The maximum atomic E-state index is 12.8. The monoisotopic (exact) mass is 434 g/mol. The molecule has 3 rings (SSSR count). The highest BCUT2D eigenvalue weighted by molar-refractivity contribution is 6.35. The molecule has 0 bridgehead atoms. The molecule has 2 atom stereocenters. The summed E-state index contributed by atoms with van der Waals surface area (Å²) in [4.78, 5) is 42.3. The number of likely N-dealkylation sites (tertiary alicyclic amines) is 1. The van der Waals surface area contributed by atoms with Gasteiger partial charge in [-0.1, -0.05) is 19.1 Å². The van der Waals surface area contributed by atoms with E-state index in [1.807, 2.05) is 6.92 Å². The quantitative estimate of drug-likeness (QED) is 0.562. The van der Waals surface area contributed by atoms with Crippen molar-refractivity contribution in [2.75, 3.05) is 6.54 Å². The molecule has 0 aliphatic carbocycles. The molecule has 0 radical (unpaired) electrons.